The minimum Gasteiger partial charge on any atom is -0.454 e. The summed E-state index contributed by atoms with van der Waals surface area (Å²) >= 11 is 0. The second-order valence-corrected chi connectivity index (χ2v) is 5.53. The first-order valence-corrected chi connectivity index (χ1v) is 7.82. The normalized spacial score (nSPS) is 13.1. The van der Waals surface area contributed by atoms with Crippen LogP contribution in [0.1, 0.15) is 42.4 Å². The Morgan fingerprint density at radius 3 is 2.54 bits per heavy atom. The molecule has 0 aliphatic carbocycles. The number of benzene rings is 1. The van der Waals surface area contributed by atoms with Crippen LogP contribution in [-0.4, -0.2) is 28.1 Å². The van der Waals surface area contributed by atoms with Gasteiger partial charge in [-0.1, -0.05) is 38.5 Å². The number of rotatable bonds is 7. The Kier molecular flexibility index (Phi) is 6.06. The standard InChI is InChI=1S/C17H21N3O4/c1-4-11(2)15(18-16(21)13-8-6-5-7-9-13)17(22)23-10-14-20-19-12(3)24-14/h5-9,11,15H,4,10H2,1-3H3,(H,18,21)/t11-,15-/m1/s1. The minimum atomic E-state index is -0.744. The SMILES string of the molecule is CC[C@@H](C)[C@@H](NC(=O)c1ccccc1)C(=O)OCc1nnc(C)o1. The van der Waals surface area contributed by atoms with Gasteiger partial charge in [0.1, 0.15) is 6.04 Å². The van der Waals surface area contributed by atoms with Crippen molar-refractivity contribution in [2.75, 3.05) is 0 Å². The zero-order valence-corrected chi connectivity index (χ0v) is 14.0. The molecule has 0 radical (unpaired) electrons. The van der Waals surface area contributed by atoms with Crippen molar-refractivity contribution in [3.63, 3.8) is 0 Å². The quantitative estimate of drug-likeness (QED) is 0.782. The summed E-state index contributed by atoms with van der Waals surface area (Å²) in [6.07, 6.45) is 0.717. The number of hydrogen-bond acceptors (Lipinski definition) is 6. The van der Waals surface area contributed by atoms with E-state index in [1.54, 1.807) is 31.2 Å². The molecular weight excluding hydrogens is 310 g/mol. The summed E-state index contributed by atoms with van der Waals surface area (Å²) in [7, 11) is 0. The van der Waals surface area contributed by atoms with Crippen molar-refractivity contribution < 1.29 is 18.7 Å². The molecule has 0 spiro atoms. The highest BCUT2D eigenvalue weighted by atomic mass is 16.5. The summed E-state index contributed by atoms with van der Waals surface area (Å²) in [5, 5.41) is 10.2. The van der Waals surface area contributed by atoms with E-state index < -0.39 is 12.0 Å². The molecule has 1 N–H and O–H groups in total. The number of amides is 1. The van der Waals surface area contributed by atoms with Crippen molar-refractivity contribution in [3.05, 3.63) is 47.7 Å². The van der Waals surface area contributed by atoms with E-state index in [2.05, 4.69) is 15.5 Å². The zero-order chi connectivity index (χ0) is 17.5. The van der Waals surface area contributed by atoms with Gasteiger partial charge in [-0.3, -0.25) is 4.79 Å². The van der Waals surface area contributed by atoms with Crippen LogP contribution in [0, 0.1) is 12.8 Å². The minimum absolute atomic E-state index is 0.0745. The molecular formula is C17H21N3O4. The summed E-state index contributed by atoms with van der Waals surface area (Å²) < 4.78 is 10.4. The Morgan fingerprint density at radius 2 is 1.96 bits per heavy atom. The molecule has 7 heteroatoms. The number of aryl methyl sites for hydroxylation is 1. The average Bonchev–Trinajstić information content (AvgIpc) is 3.02. The van der Waals surface area contributed by atoms with E-state index in [1.165, 1.54) is 0 Å². The number of hydrogen-bond donors (Lipinski definition) is 1. The van der Waals surface area contributed by atoms with Gasteiger partial charge in [-0.15, -0.1) is 10.2 Å². The summed E-state index contributed by atoms with van der Waals surface area (Å²) in [4.78, 5) is 24.7. The number of nitrogens with one attached hydrogen (secondary N) is 1. The Morgan fingerprint density at radius 1 is 1.25 bits per heavy atom. The van der Waals surface area contributed by atoms with Crippen molar-refractivity contribution >= 4 is 11.9 Å². The highest BCUT2D eigenvalue weighted by Gasteiger charge is 2.28. The van der Waals surface area contributed by atoms with Gasteiger partial charge < -0.3 is 14.5 Å². The van der Waals surface area contributed by atoms with E-state index in [9.17, 15) is 9.59 Å². The van der Waals surface area contributed by atoms with Gasteiger partial charge in [0.05, 0.1) is 0 Å². The van der Waals surface area contributed by atoms with Crippen LogP contribution in [0.3, 0.4) is 0 Å². The van der Waals surface area contributed by atoms with Crippen LogP contribution in [0.4, 0.5) is 0 Å². The van der Waals surface area contributed by atoms with Crippen molar-refractivity contribution in [3.8, 4) is 0 Å². The first kappa shape index (κ1) is 17.7. The van der Waals surface area contributed by atoms with E-state index in [4.69, 9.17) is 9.15 Å². The van der Waals surface area contributed by atoms with Crippen LogP contribution >= 0.6 is 0 Å². The summed E-state index contributed by atoms with van der Waals surface area (Å²) in [6.45, 7) is 5.36. The third kappa shape index (κ3) is 4.65. The van der Waals surface area contributed by atoms with Gasteiger partial charge in [0.25, 0.3) is 11.8 Å². The fourth-order valence-corrected chi connectivity index (χ4v) is 2.10. The number of aromatic nitrogens is 2. The van der Waals surface area contributed by atoms with Gasteiger partial charge in [0, 0.05) is 12.5 Å². The highest BCUT2D eigenvalue weighted by Crippen LogP contribution is 2.12. The van der Waals surface area contributed by atoms with E-state index in [0.29, 0.717) is 17.9 Å². The van der Waals surface area contributed by atoms with Crippen molar-refractivity contribution in [2.45, 2.75) is 39.8 Å². The second kappa shape index (κ2) is 8.24. The third-order valence-electron chi connectivity index (χ3n) is 3.70. The lowest BCUT2D eigenvalue weighted by Gasteiger charge is -2.22. The predicted octanol–water partition coefficient (Wildman–Crippen LogP) is 2.27. The van der Waals surface area contributed by atoms with Crippen LogP contribution in [0.2, 0.25) is 0 Å². The molecule has 0 saturated heterocycles. The molecule has 1 aromatic heterocycles. The fourth-order valence-electron chi connectivity index (χ4n) is 2.10. The lowest BCUT2D eigenvalue weighted by Crippen LogP contribution is -2.45. The molecule has 1 aromatic carbocycles. The van der Waals surface area contributed by atoms with Gasteiger partial charge >= 0.3 is 5.97 Å². The first-order valence-electron chi connectivity index (χ1n) is 7.82. The molecule has 128 valence electrons. The molecule has 1 heterocycles. The Labute approximate surface area is 140 Å². The molecule has 0 bridgehead atoms. The van der Waals surface area contributed by atoms with Gasteiger partial charge in [-0.25, -0.2) is 4.79 Å². The smallest absolute Gasteiger partial charge is 0.329 e. The number of esters is 1. The molecule has 0 unspecified atom stereocenters. The Hall–Kier alpha value is -2.70. The molecule has 0 saturated carbocycles. The number of carbonyl (C=O) groups excluding carboxylic acids is 2. The van der Waals surface area contributed by atoms with E-state index in [1.807, 2.05) is 19.9 Å². The van der Waals surface area contributed by atoms with Crippen LogP contribution in [-0.2, 0) is 16.1 Å². The van der Waals surface area contributed by atoms with Crippen molar-refractivity contribution in [1.29, 1.82) is 0 Å². The van der Waals surface area contributed by atoms with Crippen molar-refractivity contribution in [2.24, 2.45) is 5.92 Å². The van der Waals surface area contributed by atoms with Gasteiger partial charge in [0.2, 0.25) is 5.89 Å². The van der Waals surface area contributed by atoms with Crippen LogP contribution in [0.25, 0.3) is 0 Å². The largest absolute Gasteiger partial charge is 0.454 e. The van der Waals surface area contributed by atoms with E-state index >= 15 is 0 Å². The number of carbonyl (C=O) groups is 2. The zero-order valence-electron chi connectivity index (χ0n) is 14.0. The Balaban J connectivity index is 2.01. The van der Waals surface area contributed by atoms with E-state index in [0.717, 1.165) is 0 Å². The first-order chi connectivity index (χ1) is 11.5. The molecule has 0 aliphatic rings. The fraction of sp³-hybridized carbons (Fsp3) is 0.412. The molecule has 24 heavy (non-hydrogen) atoms. The summed E-state index contributed by atoms with van der Waals surface area (Å²) in [5.74, 6) is -0.291. The predicted molar refractivity (Wildman–Crippen MR) is 86.0 cm³/mol. The maximum Gasteiger partial charge on any atom is 0.329 e. The number of nitrogens with zero attached hydrogens (tertiary/aromatic N) is 2. The molecule has 0 fully saturated rings. The van der Waals surface area contributed by atoms with Crippen LogP contribution in [0.5, 0.6) is 0 Å². The molecule has 2 atom stereocenters. The number of ether oxygens (including phenoxy) is 1. The maximum atomic E-state index is 12.4. The van der Waals surface area contributed by atoms with E-state index in [-0.39, 0.29) is 24.3 Å². The monoisotopic (exact) mass is 331 g/mol. The maximum absolute atomic E-state index is 12.4. The van der Waals surface area contributed by atoms with Gasteiger partial charge in [-0.2, -0.15) is 0 Å². The molecule has 1 amide bonds. The topological polar surface area (TPSA) is 94.3 Å². The average molecular weight is 331 g/mol. The van der Waals surface area contributed by atoms with Gasteiger partial charge in [0.15, 0.2) is 6.61 Å². The lowest BCUT2D eigenvalue weighted by molar-refractivity contribution is -0.149. The molecule has 2 aromatic rings. The Bertz CT molecular complexity index is 684. The summed E-state index contributed by atoms with van der Waals surface area (Å²) in [6, 6.07) is 7.99. The molecule has 7 nitrogen and oxygen atoms in total. The molecule has 0 aliphatic heterocycles. The highest BCUT2D eigenvalue weighted by molar-refractivity contribution is 5.96. The summed E-state index contributed by atoms with van der Waals surface area (Å²) in [5.41, 5.74) is 0.492. The van der Waals surface area contributed by atoms with Crippen molar-refractivity contribution in [1.82, 2.24) is 15.5 Å². The lowest BCUT2D eigenvalue weighted by atomic mass is 9.99. The second-order valence-electron chi connectivity index (χ2n) is 5.53. The van der Waals surface area contributed by atoms with Crippen LogP contribution in [0.15, 0.2) is 34.7 Å². The molecule has 2 rings (SSSR count). The third-order valence-corrected chi connectivity index (χ3v) is 3.70. The van der Waals surface area contributed by atoms with Gasteiger partial charge in [-0.05, 0) is 18.1 Å². The van der Waals surface area contributed by atoms with Crippen LogP contribution < -0.4 is 5.32 Å².